The molecule has 1 fully saturated rings. The molecule has 0 aromatic carbocycles. The van der Waals surface area contributed by atoms with Crippen molar-refractivity contribution in [1.82, 2.24) is 14.8 Å². The molecule has 1 saturated heterocycles. The molecule has 84 valence electrons. The Morgan fingerprint density at radius 3 is 3.00 bits per heavy atom. The van der Waals surface area contributed by atoms with Gasteiger partial charge in [0, 0.05) is 38.1 Å². The first-order valence-corrected chi connectivity index (χ1v) is 5.78. The molecule has 3 nitrogen and oxygen atoms in total. The highest BCUT2D eigenvalue weighted by molar-refractivity contribution is 5.06. The number of nitrogens with one attached hydrogen (secondary N) is 1. The van der Waals surface area contributed by atoms with Gasteiger partial charge in [0.2, 0.25) is 0 Å². The quantitative estimate of drug-likeness (QED) is 0.804. The molecule has 1 aromatic rings. The molecule has 2 heterocycles. The molecule has 3 heteroatoms. The summed E-state index contributed by atoms with van der Waals surface area (Å²) in [5, 5.41) is 3.63. The molecule has 0 saturated carbocycles. The topological polar surface area (TPSA) is 20.2 Å². The van der Waals surface area contributed by atoms with Crippen LogP contribution in [-0.2, 0) is 13.6 Å². The van der Waals surface area contributed by atoms with Crippen LogP contribution in [-0.4, -0.2) is 35.6 Å². The Labute approximate surface area is 92.1 Å². The third-order valence-corrected chi connectivity index (χ3v) is 3.25. The van der Waals surface area contributed by atoms with E-state index in [0.29, 0.717) is 6.04 Å². The van der Waals surface area contributed by atoms with E-state index in [2.05, 4.69) is 47.2 Å². The molecule has 1 aliphatic heterocycles. The minimum absolute atomic E-state index is 0.665. The average Bonchev–Trinajstić information content (AvgIpc) is 2.61. The second-order valence-electron chi connectivity index (χ2n) is 4.59. The fourth-order valence-electron chi connectivity index (χ4n) is 2.26. The van der Waals surface area contributed by atoms with Crippen LogP contribution in [0.25, 0.3) is 0 Å². The van der Waals surface area contributed by atoms with E-state index in [-0.39, 0.29) is 0 Å². The standard InChI is InChI=1S/C12H21N3/c1-14-7-3-5-11(10-14)13-9-12-6-4-8-15(12)2/h4,6,8,11,13H,3,5,7,9-10H2,1-2H3. The van der Waals surface area contributed by atoms with Gasteiger partial charge < -0.3 is 14.8 Å². The van der Waals surface area contributed by atoms with Crippen LogP contribution in [0.5, 0.6) is 0 Å². The summed E-state index contributed by atoms with van der Waals surface area (Å²) in [6.45, 7) is 3.43. The number of aryl methyl sites for hydroxylation is 1. The van der Waals surface area contributed by atoms with Crippen molar-refractivity contribution in [3.05, 3.63) is 24.0 Å². The van der Waals surface area contributed by atoms with Gasteiger partial charge in [0.1, 0.15) is 0 Å². The van der Waals surface area contributed by atoms with E-state index >= 15 is 0 Å². The zero-order chi connectivity index (χ0) is 10.7. The Bertz CT molecular complexity index is 306. The van der Waals surface area contributed by atoms with Gasteiger partial charge in [-0.1, -0.05) is 0 Å². The Morgan fingerprint density at radius 1 is 1.47 bits per heavy atom. The number of hydrogen-bond donors (Lipinski definition) is 1. The number of hydrogen-bond acceptors (Lipinski definition) is 2. The zero-order valence-electron chi connectivity index (χ0n) is 9.74. The summed E-state index contributed by atoms with van der Waals surface area (Å²) in [5.74, 6) is 0. The van der Waals surface area contributed by atoms with Crippen molar-refractivity contribution >= 4 is 0 Å². The second-order valence-corrected chi connectivity index (χ2v) is 4.59. The zero-order valence-corrected chi connectivity index (χ0v) is 9.74. The van der Waals surface area contributed by atoms with Gasteiger partial charge >= 0.3 is 0 Å². The molecule has 0 spiro atoms. The van der Waals surface area contributed by atoms with Gasteiger partial charge in [0.15, 0.2) is 0 Å². The van der Waals surface area contributed by atoms with Gasteiger partial charge in [-0.2, -0.15) is 0 Å². The monoisotopic (exact) mass is 207 g/mol. The van der Waals surface area contributed by atoms with Gasteiger partial charge in [-0.25, -0.2) is 0 Å². The van der Waals surface area contributed by atoms with Crippen molar-refractivity contribution in [1.29, 1.82) is 0 Å². The lowest BCUT2D eigenvalue weighted by atomic mass is 10.1. The number of nitrogens with zero attached hydrogens (tertiary/aromatic N) is 2. The number of likely N-dealkylation sites (tertiary alicyclic amines) is 1. The fourth-order valence-corrected chi connectivity index (χ4v) is 2.26. The molecule has 1 aliphatic rings. The Morgan fingerprint density at radius 2 is 2.33 bits per heavy atom. The van der Waals surface area contributed by atoms with E-state index in [1.807, 2.05) is 0 Å². The predicted octanol–water partition coefficient (Wildman–Crippen LogP) is 1.21. The molecule has 1 unspecified atom stereocenters. The van der Waals surface area contributed by atoms with Crippen molar-refractivity contribution in [2.45, 2.75) is 25.4 Å². The fraction of sp³-hybridized carbons (Fsp3) is 0.667. The van der Waals surface area contributed by atoms with Crippen LogP contribution >= 0.6 is 0 Å². The van der Waals surface area contributed by atoms with Crippen LogP contribution in [0, 0.1) is 0 Å². The molecule has 1 aromatic heterocycles. The van der Waals surface area contributed by atoms with Crippen molar-refractivity contribution < 1.29 is 0 Å². The maximum Gasteiger partial charge on any atom is 0.0362 e. The van der Waals surface area contributed by atoms with E-state index in [1.54, 1.807) is 0 Å². The van der Waals surface area contributed by atoms with Crippen molar-refractivity contribution in [2.24, 2.45) is 7.05 Å². The summed E-state index contributed by atoms with van der Waals surface area (Å²) < 4.78 is 2.18. The van der Waals surface area contributed by atoms with Crippen molar-refractivity contribution in [3.8, 4) is 0 Å². The van der Waals surface area contributed by atoms with E-state index in [9.17, 15) is 0 Å². The van der Waals surface area contributed by atoms with Gasteiger partial charge in [-0.3, -0.25) is 0 Å². The Kier molecular flexibility index (Phi) is 3.44. The van der Waals surface area contributed by atoms with Gasteiger partial charge in [-0.15, -0.1) is 0 Å². The molecule has 0 aliphatic carbocycles. The van der Waals surface area contributed by atoms with Gasteiger partial charge in [-0.05, 0) is 38.6 Å². The van der Waals surface area contributed by atoms with Crippen LogP contribution in [0.2, 0.25) is 0 Å². The molecular formula is C12H21N3. The third kappa shape index (κ3) is 2.83. The van der Waals surface area contributed by atoms with E-state index < -0.39 is 0 Å². The van der Waals surface area contributed by atoms with Gasteiger partial charge in [0.25, 0.3) is 0 Å². The molecular weight excluding hydrogens is 186 g/mol. The number of likely N-dealkylation sites (N-methyl/N-ethyl adjacent to an activating group) is 1. The second kappa shape index (κ2) is 4.81. The first-order valence-electron chi connectivity index (χ1n) is 5.78. The lowest BCUT2D eigenvalue weighted by molar-refractivity contribution is 0.226. The van der Waals surface area contributed by atoms with E-state index in [0.717, 1.165) is 6.54 Å². The molecule has 0 radical (unpaired) electrons. The minimum atomic E-state index is 0.665. The van der Waals surface area contributed by atoms with Gasteiger partial charge in [0.05, 0.1) is 0 Å². The van der Waals surface area contributed by atoms with E-state index in [4.69, 9.17) is 0 Å². The average molecular weight is 207 g/mol. The van der Waals surface area contributed by atoms with Crippen LogP contribution in [0.3, 0.4) is 0 Å². The molecule has 1 N–H and O–H groups in total. The molecule has 1 atom stereocenters. The number of piperidine rings is 1. The van der Waals surface area contributed by atoms with Crippen molar-refractivity contribution in [2.75, 3.05) is 20.1 Å². The summed E-state index contributed by atoms with van der Waals surface area (Å²) in [6.07, 6.45) is 4.74. The molecule has 0 amide bonds. The summed E-state index contributed by atoms with van der Waals surface area (Å²) in [5.41, 5.74) is 1.36. The first-order chi connectivity index (χ1) is 7.25. The lowest BCUT2D eigenvalue weighted by Crippen LogP contribution is -2.43. The smallest absolute Gasteiger partial charge is 0.0362 e. The summed E-state index contributed by atoms with van der Waals surface area (Å²) >= 11 is 0. The minimum Gasteiger partial charge on any atom is -0.353 e. The van der Waals surface area contributed by atoms with Crippen LogP contribution in [0.15, 0.2) is 18.3 Å². The molecule has 2 rings (SSSR count). The summed E-state index contributed by atoms with van der Waals surface area (Å²) in [6, 6.07) is 4.95. The van der Waals surface area contributed by atoms with Crippen LogP contribution in [0.4, 0.5) is 0 Å². The summed E-state index contributed by atoms with van der Waals surface area (Å²) in [4.78, 5) is 2.41. The normalized spacial score (nSPS) is 23.2. The Balaban J connectivity index is 1.80. The highest BCUT2D eigenvalue weighted by Gasteiger charge is 2.16. The maximum absolute atomic E-state index is 3.63. The maximum atomic E-state index is 3.63. The highest BCUT2D eigenvalue weighted by Crippen LogP contribution is 2.09. The lowest BCUT2D eigenvalue weighted by Gasteiger charge is -2.30. The molecule has 15 heavy (non-hydrogen) atoms. The Hall–Kier alpha value is -0.800. The third-order valence-electron chi connectivity index (χ3n) is 3.25. The largest absolute Gasteiger partial charge is 0.353 e. The van der Waals surface area contributed by atoms with Crippen LogP contribution < -0.4 is 5.32 Å². The van der Waals surface area contributed by atoms with Crippen molar-refractivity contribution in [3.63, 3.8) is 0 Å². The molecule has 0 bridgehead atoms. The number of aromatic nitrogens is 1. The first kappa shape index (κ1) is 10.7. The number of rotatable bonds is 3. The van der Waals surface area contributed by atoms with Crippen LogP contribution in [0.1, 0.15) is 18.5 Å². The highest BCUT2D eigenvalue weighted by atomic mass is 15.1. The predicted molar refractivity (Wildman–Crippen MR) is 62.8 cm³/mol. The van der Waals surface area contributed by atoms with E-state index in [1.165, 1.54) is 31.6 Å². The summed E-state index contributed by atoms with van der Waals surface area (Å²) in [7, 11) is 4.31. The SMILES string of the molecule is CN1CCCC(NCc2cccn2C)C1.